The van der Waals surface area contributed by atoms with Crippen LogP contribution in [0.25, 0.3) is 0 Å². The monoisotopic (exact) mass is 672 g/mol. The van der Waals surface area contributed by atoms with Gasteiger partial charge in [0.2, 0.25) is 0 Å². The van der Waals surface area contributed by atoms with Gasteiger partial charge in [-0.15, -0.1) is 0 Å². The Labute approximate surface area is 288 Å². The molecular formula is C35H45BN6O7. The minimum absolute atomic E-state index is 0.0165. The number of phenolic OH excluding ortho intramolecular Hbond substituents is 1. The number of aliphatic carboxylic acids is 1. The lowest BCUT2D eigenvalue weighted by atomic mass is 9.91. The van der Waals surface area contributed by atoms with Gasteiger partial charge in [0.1, 0.15) is 13.6 Å². The first kappa shape index (κ1) is 34.6. The topological polar surface area (TPSA) is 146 Å². The lowest BCUT2D eigenvalue weighted by molar-refractivity contribution is -0.142. The summed E-state index contributed by atoms with van der Waals surface area (Å²) in [6.45, 7) is 5.50. The zero-order valence-electron chi connectivity index (χ0n) is 27.8. The highest BCUT2D eigenvalue weighted by Crippen LogP contribution is 2.26. The number of ether oxygens (including phenoxy) is 1. The molecule has 3 fully saturated rings. The van der Waals surface area contributed by atoms with Gasteiger partial charge in [-0.3, -0.25) is 19.4 Å². The largest absolute Gasteiger partial charge is 0.509 e. The summed E-state index contributed by atoms with van der Waals surface area (Å²) in [7, 11) is 5.94. The average molecular weight is 673 g/mol. The molecule has 6 rings (SSSR count). The fourth-order valence-corrected chi connectivity index (χ4v) is 7.55. The number of nitrogens with zero attached hydrogens (tertiary/aromatic N) is 5. The van der Waals surface area contributed by atoms with Crippen LogP contribution < -0.4 is 10.8 Å². The zero-order valence-corrected chi connectivity index (χ0v) is 27.8. The van der Waals surface area contributed by atoms with Gasteiger partial charge >= 0.3 is 18.1 Å². The van der Waals surface area contributed by atoms with E-state index in [-0.39, 0.29) is 42.2 Å². The molecule has 4 aliphatic rings. The first-order valence-corrected chi connectivity index (χ1v) is 17.3. The predicted molar refractivity (Wildman–Crippen MR) is 183 cm³/mol. The van der Waals surface area contributed by atoms with Gasteiger partial charge in [0.25, 0.3) is 5.91 Å². The summed E-state index contributed by atoms with van der Waals surface area (Å²) in [5.74, 6) is -1.14. The number of carbonyl (C=O) groups is 4. The van der Waals surface area contributed by atoms with Crippen molar-refractivity contribution in [1.29, 1.82) is 0 Å². The Morgan fingerprint density at radius 2 is 1.55 bits per heavy atom. The molecule has 0 aliphatic carbocycles. The molecule has 0 bridgehead atoms. The molecule has 4 aliphatic heterocycles. The van der Waals surface area contributed by atoms with E-state index in [4.69, 9.17) is 17.7 Å². The molecule has 13 nitrogen and oxygen atoms in total. The zero-order chi connectivity index (χ0) is 34.5. The van der Waals surface area contributed by atoms with Crippen LogP contribution in [0.5, 0.6) is 5.75 Å². The summed E-state index contributed by atoms with van der Waals surface area (Å²) in [5.41, 5.74) is 2.79. The molecule has 1 atom stereocenters. The number of aromatic hydroxyl groups is 1. The predicted octanol–water partition coefficient (Wildman–Crippen LogP) is 1.48. The number of hydrogen-bond donors (Lipinski definition) is 3. The van der Waals surface area contributed by atoms with E-state index in [2.05, 4.69) is 10.2 Å². The molecule has 4 amide bonds. The number of urea groups is 1. The first-order valence-electron chi connectivity index (χ1n) is 17.3. The third kappa shape index (κ3) is 8.48. The van der Waals surface area contributed by atoms with Crippen molar-refractivity contribution in [3.05, 3.63) is 53.6 Å². The Bertz CT molecular complexity index is 1520. The number of phenols is 1. The summed E-state index contributed by atoms with van der Waals surface area (Å²) < 4.78 is 5.97. The van der Waals surface area contributed by atoms with Crippen molar-refractivity contribution >= 4 is 43.0 Å². The summed E-state index contributed by atoms with van der Waals surface area (Å²) in [4.78, 5) is 61.2. The van der Waals surface area contributed by atoms with E-state index in [0.29, 0.717) is 70.3 Å². The molecular weight excluding hydrogens is 627 g/mol. The number of benzene rings is 2. The first-order chi connectivity index (χ1) is 23.6. The van der Waals surface area contributed by atoms with Crippen LogP contribution in [0.3, 0.4) is 0 Å². The molecule has 3 saturated heterocycles. The highest BCUT2D eigenvalue weighted by atomic mass is 16.6. The van der Waals surface area contributed by atoms with E-state index >= 15 is 0 Å². The van der Waals surface area contributed by atoms with Gasteiger partial charge in [0.05, 0.1) is 6.54 Å². The third-order valence-electron chi connectivity index (χ3n) is 10.4. The van der Waals surface area contributed by atoms with Gasteiger partial charge in [0, 0.05) is 83.1 Å². The number of carbonyl (C=O) groups excluding carboxylic acids is 3. The molecule has 14 heteroatoms. The lowest BCUT2D eigenvalue weighted by Crippen LogP contribution is -2.55. The second-order valence-electron chi connectivity index (χ2n) is 13.5. The molecule has 2 radical (unpaired) electrons. The molecule has 0 saturated carbocycles. The average Bonchev–Trinajstić information content (AvgIpc) is 3.27. The van der Waals surface area contributed by atoms with Crippen LogP contribution in [0.15, 0.2) is 42.5 Å². The van der Waals surface area contributed by atoms with Crippen molar-refractivity contribution in [2.75, 3.05) is 70.8 Å². The van der Waals surface area contributed by atoms with Crippen LogP contribution in [0.2, 0.25) is 0 Å². The third-order valence-corrected chi connectivity index (χ3v) is 10.4. The maximum absolute atomic E-state index is 13.9. The summed E-state index contributed by atoms with van der Waals surface area (Å²) in [5, 5.41) is 22.1. The van der Waals surface area contributed by atoms with Gasteiger partial charge < -0.3 is 35.0 Å². The van der Waals surface area contributed by atoms with Crippen LogP contribution in [-0.2, 0) is 27.2 Å². The lowest BCUT2D eigenvalue weighted by Gasteiger charge is -2.43. The minimum Gasteiger partial charge on any atom is -0.509 e. The molecule has 2 aromatic rings. The maximum Gasteiger partial charge on any atom is 0.410 e. The molecule has 0 unspecified atom stereocenters. The van der Waals surface area contributed by atoms with Gasteiger partial charge in [-0.25, -0.2) is 9.59 Å². The Morgan fingerprint density at radius 1 is 0.878 bits per heavy atom. The van der Waals surface area contributed by atoms with Gasteiger partial charge in [-0.2, -0.15) is 0 Å². The van der Waals surface area contributed by atoms with Gasteiger partial charge in [-0.1, -0.05) is 35.8 Å². The van der Waals surface area contributed by atoms with E-state index < -0.39 is 18.2 Å². The maximum atomic E-state index is 13.9. The van der Waals surface area contributed by atoms with Crippen LogP contribution in [0.1, 0.15) is 36.8 Å². The van der Waals surface area contributed by atoms with Gasteiger partial charge in [0.15, 0.2) is 6.10 Å². The quantitative estimate of drug-likeness (QED) is 0.355. The van der Waals surface area contributed by atoms with Crippen LogP contribution >= 0.6 is 0 Å². The molecule has 4 heterocycles. The Balaban J connectivity index is 1.05. The van der Waals surface area contributed by atoms with E-state index in [1.807, 2.05) is 34.1 Å². The normalized spacial score (nSPS) is 20.7. The Kier molecular flexibility index (Phi) is 10.9. The Hall–Kier alpha value is -4.30. The smallest absolute Gasteiger partial charge is 0.410 e. The fraction of sp³-hybridized carbons (Fsp3) is 0.543. The van der Waals surface area contributed by atoms with E-state index in [1.165, 1.54) is 6.07 Å². The van der Waals surface area contributed by atoms with Crippen molar-refractivity contribution in [1.82, 2.24) is 24.5 Å². The summed E-state index contributed by atoms with van der Waals surface area (Å²) in [6, 6.07) is 12.7. The Morgan fingerprint density at radius 3 is 2.24 bits per heavy atom. The number of fused-ring (bicyclic) bond motifs is 1. The molecule has 0 aromatic heterocycles. The number of rotatable bonds is 8. The summed E-state index contributed by atoms with van der Waals surface area (Å²) in [6.07, 6.45) is 1.99. The minimum atomic E-state index is -1.07. The van der Waals surface area contributed by atoms with E-state index in [1.54, 1.807) is 21.9 Å². The molecule has 49 heavy (non-hydrogen) atoms. The number of carboxylic acid groups (broad SMARTS) is 1. The number of carboxylic acids is 1. The number of para-hydroxylation sites is 1. The highest BCUT2D eigenvalue weighted by Gasteiger charge is 2.36. The van der Waals surface area contributed by atoms with Crippen molar-refractivity contribution in [2.24, 2.45) is 0 Å². The van der Waals surface area contributed by atoms with Crippen molar-refractivity contribution in [2.45, 2.75) is 56.7 Å². The van der Waals surface area contributed by atoms with Crippen molar-refractivity contribution in [3.63, 3.8) is 0 Å². The number of nitrogens with one attached hydrogen (secondary N) is 1. The van der Waals surface area contributed by atoms with Crippen LogP contribution in [0, 0.1) is 0 Å². The van der Waals surface area contributed by atoms with Crippen molar-refractivity contribution in [3.8, 4) is 5.75 Å². The SMILES string of the molecule is [B]c1cc(C[C@@H](OC(=O)N2CCC(N3CCc4ccccc4NC3=O)CC2)C(=O)N2CCC(N3CCN(CC(=O)O)CC3)CC2)ccc1O. The van der Waals surface area contributed by atoms with E-state index in [9.17, 15) is 24.3 Å². The second-order valence-corrected chi connectivity index (χ2v) is 13.5. The number of anilines is 1. The highest BCUT2D eigenvalue weighted by molar-refractivity contribution is 6.34. The fourth-order valence-electron chi connectivity index (χ4n) is 7.55. The number of hydrogen-bond acceptors (Lipinski definition) is 8. The van der Waals surface area contributed by atoms with Gasteiger partial charge in [-0.05, 0) is 55.4 Å². The molecule has 2 aromatic carbocycles. The number of piperazine rings is 1. The molecule has 260 valence electrons. The number of amides is 4. The van der Waals surface area contributed by atoms with E-state index in [0.717, 1.165) is 43.6 Å². The van der Waals surface area contributed by atoms with Crippen LogP contribution in [0.4, 0.5) is 15.3 Å². The number of piperidine rings is 2. The molecule has 3 N–H and O–H groups in total. The number of likely N-dealkylation sites (tertiary alicyclic amines) is 2. The second kappa shape index (κ2) is 15.5. The standard InChI is InChI=1S/C35H45BN6O7/c36-28-21-24(5-6-30(28)43)22-31(33(46)40-12-8-26(9-13-40)39-19-17-38(18-20-39)23-32(44)45)49-35(48)41-14-10-27(11-15-41)42-16-7-25-3-1-2-4-29(25)37-34(42)47/h1-6,21,26-27,31,43H,7-20,22-23H2,(H,37,47)(H,44,45)/t31-/m1/s1. The van der Waals surface area contributed by atoms with Crippen molar-refractivity contribution < 1.29 is 34.1 Å². The molecule has 0 spiro atoms. The van der Waals surface area contributed by atoms with Crippen LogP contribution in [-0.4, -0.2) is 150 Å². The summed E-state index contributed by atoms with van der Waals surface area (Å²) >= 11 is 0.